The molecule has 0 bridgehead atoms. The van der Waals surface area contributed by atoms with Crippen LogP contribution in [0.2, 0.25) is 0 Å². The summed E-state index contributed by atoms with van der Waals surface area (Å²) in [7, 11) is 2.02. The fraction of sp³-hybridized carbons (Fsp3) is 0.957. The van der Waals surface area contributed by atoms with Gasteiger partial charge in [-0.15, -0.1) is 0 Å². The first-order valence-electron chi connectivity index (χ1n) is 25.1. The fourth-order valence-corrected chi connectivity index (χ4v) is 12.5. The van der Waals surface area contributed by atoms with Crippen molar-refractivity contribution in [2.45, 2.75) is 202 Å². The Morgan fingerprint density at radius 1 is 0.903 bits per heavy atom. The van der Waals surface area contributed by atoms with Crippen molar-refractivity contribution in [3.63, 3.8) is 0 Å². The van der Waals surface area contributed by atoms with Crippen LogP contribution in [0.15, 0.2) is 4.99 Å². The van der Waals surface area contributed by atoms with Crippen LogP contribution in [-0.4, -0.2) is 147 Å². The summed E-state index contributed by atoms with van der Waals surface area (Å²) in [6.07, 6.45) is 15.1. The maximum absolute atomic E-state index is 12.2. The van der Waals surface area contributed by atoms with Crippen molar-refractivity contribution in [2.75, 3.05) is 52.9 Å². The van der Waals surface area contributed by atoms with Crippen LogP contribution in [0.3, 0.4) is 0 Å². The third-order valence-electron chi connectivity index (χ3n) is 15.9. The van der Waals surface area contributed by atoms with E-state index in [-0.39, 0.29) is 54.1 Å². The topological polar surface area (TPSA) is 213 Å². The summed E-state index contributed by atoms with van der Waals surface area (Å²) >= 11 is 0. The molecule has 15 heteroatoms. The highest BCUT2D eigenvalue weighted by atomic mass is 16.6. The molecule has 356 valence electrons. The number of aliphatic imine (C=N–C) groups is 1. The molecule has 6 fully saturated rings. The van der Waals surface area contributed by atoms with E-state index in [0.717, 1.165) is 122 Å². The van der Waals surface area contributed by atoms with Gasteiger partial charge in [0.05, 0.1) is 48.9 Å². The minimum absolute atomic E-state index is 0.00869. The second kappa shape index (κ2) is 23.7. The molecule has 0 amide bonds. The molecule has 15 nitrogen and oxygen atoms in total. The zero-order valence-electron chi connectivity index (χ0n) is 38.2. The van der Waals surface area contributed by atoms with E-state index >= 15 is 0 Å². The molecule has 10 N–H and O–H groups in total. The van der Waals surface area contributed by atoms with Gasteiger partial charge in [0.2, 0.25) is 0 Å². The summed E-state index contributed by atoms with van der Waals surface area (Å²) in [6.45, 7) is 7.69. The molecule has 0 aromatic heterocycles. The molecule has 7 rings (SSSR count). The Bertz CT molecular complexity index is 1390. The molecule has 0 aromatic rings. The first-order chi connectivity index (χ1) is 30.1. The van der Waals surface area contributed by atoms with E-state index in [2.05, 4.69) is 26.6 Å². The summed E-state index contributed by atoms with van der Waals surface area (Å²) in [6, 6.07) is 0. The standard InChI is InChI=1S/C47H85N7O8/c1-30(55)60-38-24-36(61-41(25-38)34-22-40(57)45(58)43(23-34)59-19-14-33-7-4-16-50-27-33)11-9-32-10-12-39(56)42(20-32)62-37-8-3-15-47(26-37)35(28-49-2)29-53-46(54-47)52-17-5-6-31-13-18-51-44(48)21-31/h31-45,49-51,56-58H,3-29,48H2,1-2H3,(H2,52,53,54). The highest BCUT2D eigenvalue weighted by Gasteiger charge is 2.47. The molecule has 0 aromatic carbocycles. The molecule has 3 saturated heterocycles. The van der Waals surface area contributed by atoms with E-state index in [9.17, 15) is 20.1 Å². The third-order valence-corrected chi connectivity index (χ3v) is 15.9. The molecule has 7 aliphatic rings. The summed E-state index contributed by atoms with van der Waals surface area (Å²) in [5.41, 5.74) is 6.03. The van der Waals surface area contributed by atoms with Gasteiger partial charge >= 0.3 is 5.97 Å². The Morgan fingerprint density at radius 3 is 2.58 bits per heavy atom. The average Bonchev–Trinajstić information content (AvgIpc) is 3.25. The van der Waals surface area contributed by atoms with Crippen LogP contribution in [0.4, 0.5) is 0 Å². The van der Waals surface area contributed by atoms with Crippen LogP contribution in [0.1, 0.15) is 135 Å². The van der Waals surface area contributed by atoms with Crippen LogP contribution >= 0.6 is 0 Å². The van der Waals surface area contributed by atoms with E-state index in [4.69, 9.17) is 29.7 Å². The lowest BCUT2D eigenvalue weighted by Crippen LogP contribution is -2.65. The van der Waals surface area contributed by atoms with Gasteiger partial charge in [0.1, 0.15) is 12.2 Å². The molecular weight excluding hydrogens is 791 g/mol. The maximum Gasteiger partial charge on any atom is 0.302 e. The number of ether oxygens (including phenoxy) is 4. The number of esters is 1. The smallest absolute Gasteiger partial charge is 0.302 e. The molecule has 4 heterocycles. The van der Waals surface area contributed by atoms with E-state index in [0.29, 0.717) is 56.0 Å². The van der Waals surface area contributed by atoms with E-state index in [1.54, 1.807) is 0 Å². The summed E-state index contributed by atoms with van der Waals surface area (Å²) in [5.74, 6) is 2.63. The highest BCUT2D eigenvalue weighted by Crippen LogP contribution is 2.42. The molecule has 62 heavy (non-hydrogen) atoms. The maximum atomic E-state index is 12.2. The molecular formula is C47H85N7O8. The molecule has 1 spiro atoms. The van der Waals surface area contributed by atoms with Gasteiger partial charge < -0.3 is 66.6 Å². The Balaban J connectivity index is 0.898. The van der Waals surface area contributed by atoms with Crippen molar-refractivity contribution in [3.05, 3.63) is 0 Å². The van der Waals surface area contributed by atoms with Crippen molar-refractivity contribution >= 4 is 11.9 Å². The lowest BCUT2D eigenvalue weighted by molar-refractivity contribution is -0.182. The average molecular weight is 876 g/mol. The normalized spacial score (nSPS) is 41.8. The van der Waals surface area contributed by atoms with Gasteiger partial charge in [0.25, 0.3) is 0 Å². The number of aliphatic hydroxyl groups is 3. The minimum atomic E-state index is -0.919. The number of piperidine rings is 2. The lowest BCUT2D eigenvalue weighted by atomic mass is 9.70. The van der Waals surface area contributed by atoms with Crippen molar-refractivity contribution in [1.29, 1.82) is 0 Å². The predicted molar refractivity (Wildman–Crippen MR) is 239 cm³/mol. The summed E-state index contributed by atoms with van der Waals surface area (Å²) in [5, 5.41) is 51.0. The Morgan fingerprint density at radius 2 is 1.77 bits per heavy atom. The Hall–Kier alpha value is -1.66. The number of nitrogens with zero attached hydrogens (tertiary/aromatic N) is 1. The van der Waals surface area contributed by atoms with Crippen LogP contribution < -0.4 is 32.3 Å². The molecule has 0 radical (unpaired) electrons. The molecule has 3 saturated carbocycles. The number of nitrogens with two attached hydrogens (primary N) is 1. The third kappa shape index (κ3) is 13.7. The van der Waals surface area contributed by atoms with Gasteiger partial charge in [0.15, 0.2) is 5.96 Å². The number of aliphatic hydroxyl groups excluding tert-OH is 3. The van der Waals surface area contributed by atoms with Gasteiger partial charge in [-0.05, 0) is 166 Å². The second-order valence-electron chi connectivity index (χ2n) is 20.7. The van der Waals surface area contributed by atoms with Gasteiger partial charge in [-0.3, -0.25) is 9.79 Å². The highest BCUT2D eigenvalue weighted by molar-refractivity contribution is 5.81. The molecule has 3 aliphatic carbocycles. The number of hydrogen-bond donors (Lipinski definition) is 9. The second-order valence-corrected chi connectivity index (χ2v) is 20.7. The first kappa shape index (κ1) is 48.3. The van der Waals surface area contributed by atoms with Gasteiger partial charge in [0, 0.05) is 57.5 Å². The van der Waals surface area contributed by atoms with Crippen molar-refractivity contribution < 1.29 is 39.1 Å². The summed E-state index contributed by atoms with van der Waals surface area (Å²) in [4.78, 5) is 17.2. The molecule has 4 aliphatic heterocycles. The fourth-order valence-electron chi connectivity index (χ4n) is 12.5. The zero-order chi connectivity index (χ0) is 43.5. The number of carbonyl (C=O) groups excluding carboxylic acids is 1. The number of hydrogen-bond acceptors (Lipinski definition) is 15. The number of guanidine groups is 1. The Kier molecular flexibility index (Phi) is 18.4. The summed E-state index contributed by atoms with van der Waals surface area (Å²) < 4.78 is 25.9. The van der Waals surface area contributed by atoms with Crippen molar-refractivity contribution in [3.8, 4) is 0 Å². The zero-order valence-corrected chi connectivity index (χ0v) is 38.2. The van der Waals surface area contributed by atoms with Gasteiger partial charge in [-0.2, -0.15) is 0 Å². The minimum Gasteiger partial charge on any atom is -0.462 e. The molecule has 16 atom stereocenters. The number of nitrogens with one attached hydrogen (secondary N) is 5. The quantitative estimate of drug-likeness (QED) is 0.0761. The Labute approximate surface area is 371 Å². The number of rotatable bonds is 17. The van der Waals surface area contributed by atoms with Gasteiger partial charge in [-0.25, -0.2) is 0 Å². The first-order valence-corrected chi connectivity index (χ1v) is 25.1. The monoisotopic (exact) mass is 876 g/mol. The van der Waals surface area contributed by atoms with Crippen LogP contribution in [-0.2, 0) is 23.7 Å². The van der Waals surface area contributed by atoms with Crippen LogP contribution in [0.25, 0.3) is 0 Å². The van der Waals surface area contributed by atoms with E-state index in [1.807, 2.05) is 7.05 Å². The van der Waals surface area contributed by atoms with Crippen LogP contribution in [0.5, 0.6) is 0 Å². The van der Waals surface area contributed by atoms with E-state index in [1.165, 1.54) is 32.6 Å². The van der Waals surface area contributed by atoms with Crippen LogP contribution in [0, 0.1) is 29.6 Å². The lowest BCUT2D eigenvalue weighted by Gasteiger charge is -2.50. The van der Waals surface area contributed by atoms with Gasteiger partial charge in [-0.1, -0.05) is 0 Å². The number of carbonyl (C=O) groups is 1. The van der Waals surface area contributed by atoms with E-state index < -0.39 is 24.4 Å². The predicted octanol–water partition coefficient (Wildman–Crippen LogP) is 2.83. The van der Waals surface area contributed by atoms with Crippen molar-refractivity contribution in [2.24, 2.45) is 40.3 Å². The molecule has 16 unspecified atom stereocenters. The largest absolute Gasteiger partial charge is 0.462 e. The van der Waals surface area contributed by atoms with Crippen molar-refractivity contribution in [1.82, 2.24) is 26.6 Å². The SMILES string of the molecule is CNCC1CN=C(NCCCC2CCNC(N)C2)NC12CCCC(OC1CC(CCC3CC(OC(C)=O)CC(C4CC(O)C(O)C(OCCC5CCCNC5)C4)O3)CCC1O)C2.